The summed E-state index contributed by atoms with van der Waals surface area (Å²) in [6.45, 7) is -0.765. The van der Waals surface area contributed by atoms with Gasteiger partial charge in [-0.15, -0.1) is 0 Å². The molecule has 0 spiro atoms. The van der Waals surface area contributed by atoms with Crippen LogP contribution in [0.4, 0.5) is 17.6 Å². The molecule has 0 aliphatic carbocycles. The number of nitrogens with zero attached hydrogens (tertiary/aromatic N) is 3. The second-order valence-electron chi connectivity index (χ2n) is 5.55. The van der Waals surface area contributed by atoms with Crippen LogP contribution in [0, 0.1) is 0 Å². The second-order valence-corrected chi connectivity index (χ2v) is 5.55. The third-order valence-electron chi connectivity index (χ3n) is 3.69. The Bertz CT molecular complexity index is 768. The predicted octanol–water partition coefficient (Wildman–Crippen LogP) is 2.91. The number of carbonyl (C=O) groups is 1. The van der Waals surface area contributed by atoms with Gasteiger partial charge in [0.2, 0.25) is 5.88 Å². The molecule has 1 aliphatic rings. The van der Waals surface area contributed by atoms with Crippen LogP contribution in [0.5, 0.6) is 5.88 Å². The van der Waals surface area contributed by atoms with E-state index in [9.17, 15) is 22.4 Å². The maximum atomic E-state index is 12.8. The quantitative estimate of drug-likeness (QED) is 0.748. The highest BCUT2D eigenvalue weighted by Crippen LogP contribution is 2.25. The number of alkyl halides is 4. The molecule has 0 fully saturated rings. The third-order valence-corrected chi connectivity index (χ3v) is 3.69. The minimum atomic E-state index is -4.23. The Balaban J connectivity index is 1.60. The average molecular weight is 355 g/mol. The Morgan fingerprint density at radius 3 is 2.68 bits per heavy atom. The van der Waals surface area contributed by atoms with Gasteiger partial charge in [0.1, 0.15) is 0 Å². The molecule has 1 aliphatic heterocycles. The van der Waals surface area contributed by atoms with Crippen LogP contribution in [0.2, 0.25) is 0 Å². The van der Waals surface area contributed by atoms with Crippen molar-refractivity contribution in [3.8, 4) is 5.88 Å². The normalized spacial score (nSPS) is 14.1. The lowest BCUT2D eigenvalue weighted by Gasteiger charge is -2.17. The fourth-order valence-electron chi connectivity index (χ4n) is 2.38. The Hall–Kier alpha value is -2.71. The molecule has 0 N–H and O–H groups in total. The molecule has 0 bridgehead atoms. The molecule has 0 unspecified atom stereocenters. The molecular weight excluding hydrogens is 342 g/mol. The van der Waals surface area contributed by atoms with Gasteiger partial charge in [-0.3, -0.25) is 9.78 Å². The number of pyridine rings is 2. The molecule has 0 radical (unpaired) electrons. The summed E-state index contributed by atoms with van der Waals surface area (Å²) in [5, 5.41) is 0. The SMILES string of the molecule is O=C1c2ccncc2CN1Cc1ccc(OCC(F)(F)C(F)F)nc1. The number of aromatic nitrogens is 2. The smallest absolute Gasteiger partial charge is 0.340 e. The standard InChI is InChI=1S/C16H13F4N3O2/c17-15(18)16(19,20)9-25-13-2-1-10(5-22-13)7-23-8-11-6-21-4-3-12(11)14(23)24/h1-6,15H,7-9H2. The summed E-state index contributed by atoms with van der Waals surface area (Å²) < 4.78 is 54.3. The number of amides is 1. The maximum Gasteiger partial charge on any atom is 0.340 e. The molecular formula is C16H13F4N3O2. The zero-order chi connectivity index (χ0) is 18.0. The number of fused-ring (bicyclic) bond motifs is 1. The fourth-order valence-corrected chi connectivity index (χ4v) is 2.38. The fraction of sp³-hybridized carbons (Fsp3) is 0.312. The van der Waals surface area contributed by atoms with Gasteiger partial charge in [-0.2, -0.15) is 8.78 Å². The molecule has 3 rings (SSSR count). The number of hydrogen-bond acceptors (Lipinski definition) is 4. The van der Waals surface area contributed by atoms with Crippen molar-refractivity contribution in [1.82, 2.24) is 14.9 Å². The highest BCUT2D eigenvalue weighted by molar-refractivity contribution is 5.98. The van der Waals surface area contributed by atoms with Crippen LogP contribution >= 0.6 is 0 Å². The first-order valence-corrected chi connectivity index (χ1v) is 7.32. The molecule has 5 nitrogen and oxygen atoms in total. The van der Waals surface area contributed by atoms with Crippen molar-refractivity contribution < 1.29 is 27.1 Å². The van der Waals surface area contributed by atoms with Crippen molar-refractivity contribution in [2.45, 2.75) is 25.4 Å². The molecule has 0 atom stereocenters. The first-order valence-electron chi connectivity index (χ1n) is 7.32. The minimum absolute atomic E-state index is 0.130. The summed E-state index contributed by atoms with van der Waals surface area (Å²) in [5.74, 6) is -4.55. The Morgan fingerprint density at radius 1 is 1.24 bits per heavy atom. The largest absolute Gasteiger partial charge is 0.471 e. The topological polar surface area (TPSA) is 55.3 Å². The molecule has 2 aromatic rings. The first-order chi connectivity index (χ1) is 11.9. The minimum Gasteiger partial charge on any atom is -0.471 e. The third kappa shape index (κ3) is 3.70. The summed E-state index contributed by atoms with van der Waals surface area (Å²) in [6.07, 6.45) is 0.725. The molecule has 0 aromatic carbocycles. The van der Waals surface area contributed by atoms with Gasteiger partial charge in [0, 0.05) is 48.9 Å². The first kappa shape index (κ1) is 17.1. The number of ether oxygens (including phenoxy) is 1. The Labute approximate surface area is 140 Å². The zero-order valence-electron chi connectivity index (χ0n) is 12.8. The monoisotopic (exact) mass is 355 g/mol. The molecule has 0 saturated carbocycles. The van der Waals surface area contributed by atoms with Crippen molar-refractivity contribution >= 4 is 5.91 Å². The Kier molecular flexibility index (Phi) is 4.56. The van der Waals surface area contributed by atoms with E-state index in [4.69, 9.17) is 0 Å². The van der Waals surface area contributed by atoms with Crippen molar-refractivity contribution in [1.29, 1.82) is 0 Å². The van der Waals surface area contributed by atoms with Crippen LogP contribution in [-0.2, 0) is 13.1 Å². The number of halogens is 4. The van der Waals surface area contributed by atoms with Crippen LogP contribution < -0.4 is 4.74 Å². The van der Waals surface area contributed by atoms with Gasteiger partial charge in [0.05, 0.1) is 0 Å². The number of carbonyl (C=O) groups excluding carboxylic acids is 1. The van der Waals surface area contributed by atoms with Gasteiger partial charge in [-0.05, 0) is 11.6 Å². The van der Waals surface area contributed by atoms with Crippen LogP contribution in [0.3, 0.4) is 0 Å². The molecule has 0 saturated heterocycles. The van der Waals surface area contributed by atoms with Crippen LogP contribution in [0.15, 0.2) is 36.8 Å². The van der Waals surface area contributed by atoms with Crippen LogP contribution in [-0.4, -0.2) is 39.7 Å². The lowest BCUT2D eigenvalue weighted by Crippen LogP contribution is -2.33. The zero-order valence-corrected chi connectivity index (χ0v) is 12.8. The summed E-state index contributed by atoms with van der Waals surface area (Å²) >= 11 is 0. The highest BCUT2D eigenvalue weighted by atomic mass is 19.3. The van der Waals surface area contributed by atoms with Gasteiger partial charge in [-0.25, -0.2) is 13.8 Å². The molecule has 132 valence electrons. The van der Waals surface area contributed by atoms with Gasteiger partial charge >= 0.3 is 12.3 Å². The highest BCUT2D eigenvalue weighted by Gasteiger charge is 2.41. The van der Waals surface area contributed by atoms with E-state index in [2.05, 4.69) is 14.7 Å². The van der Waals surface area contributed by atoms with E-state index in [1.165, 1.54) is 18.3 Å². The average Bonchev–Trinajstić information content (AvgIpc) is 2.90. The van der Waals surface area contributed by atoms with Gasteiger partial charge in [-0.1, -0.05) is 6.07 Å². The van der Waals surface area contributed by atoms with E-state index in [-0.39, 0.29) is 18.3 Å². The lowest BCUT2D eigenvalue weighted by molar-refractivity contribution is -0.148. The lowest BCUT2D eigenvalue weighted by atomic mass is 10.2. The summed E-state index contributed by atoms with van der Waals surface area (Å²) in [5.41, 5.74) is 2.08. The number of hydrogen-bond donors (Lipinski definition) is 0. The van der Waals surface area contributed by atoms with E-state index in [0.29, 0.717) is 17.7 Å². The summed E-state index contributed by atoms with van der Waals surface area (Å²) in [7, 11) is 0. The van der Waals surface area contributed by atoms with Gasteiger partial charge in [0.15, 0.2) is 6.61 Å². The van der Waals surface area contributed by atoms with Crippen molar-refractivity contribution in [2.75, 3.05) is 6.61 Å². The van der Waals surface area contributed by atoms with Crippen molar-refractivity contribution in [3.63, 3.8) is 0 Å². The molecule has 2 aromatic heterocycles. The molecule has 1 amide bonds. The van der Waals surface area contributed by atoms with Crippen LogP contribution in [0.1, 0.15) is 21.5 Å². The van der Waals surface area contributed by atoms with Gasteiger partial charge < -0.3 is 9.64 Å². The van der Waals surface area contributed by atoms with Gasteiger partial charge in [0.25, 0.3) is 5.91 Å². The van der Waals surface area contributed by atoms with E-state index < -0.39 is 19.0 Å². The van der Waals surface area contributed by atoms with E-state index in [1.54, 1.807) is 23.4 Å². The Morgan fingerprint density at radius 2 is 2.04 bits per heavy atom. The summed E-state index contributed by atoms with van der Waals surface area (Å²) in [6, 6.07) is 4.49. The molecule has 25 heavy (non-hydrogen) atoms. The van der Waals surface area contributed by atoms with Crippen LogP contribution in [0.25, 0.3) is 0 Å². The van der Waals surface area contributed by atoms with Crippen molar-refractivity contribution in [3.05, 3.63) is 53.5 Å². The maximum absolute atomic E-state index is 12.8. The molecule has 3 heterocycles. The second kappa shape index (κ2) is 6.66. The van der Waals surface area contributed by atoms with E-state index in [0.717, 1.165) is 5.56 Å². The van der Waals surface area contributed by atoms with Crippen molar-refractivity contribution in [2.24, 2.45) is 0 Å². The molecule has 9 heteroatoms. The predicted molar refractivity (Wildman–Crippen MR) is 78.5 cm³/mol. The van der Waals surface area contributed by atoms with E-state index >= 15 is 0 Å². The van der Waals surface area contributed by atoms with E-state index in [1.807, 2.05) is 0 Å². The summed E-state index contributed by atoms with van der Waals surface area (Å²) in [4.78, 5) is 21.6. The number of rotatable bonds is 6.